The molecule has 3 nitrogen and oxygen atoms in total. The summed E-state index contributed by atoms with van der Waals surface area (Å²) in [6.07, 6.45) is 0. The Morgan fingerprint density at radius 2 is 2.43 bits per heavy atom. The van der Waals surface area contributed by atoms with Crippen molar-refractivity contribution in [3.63, 3.8) is 0 Å². The van der Waals surface area contributed by atoms with Crippen molar-refractivity contribution < 1.29 is 9.59 Å². The quantitative estimate of drug-likeness (QED) is 0.742. The van der Waals surface area contributed by atoms with Gasteiger partial charge in [0.25, 0.3) is 5.24 Å². The van der Waals surface area contributed by atoms with Gasteiger partial charge in [-0.1, -0.05) is 17.8 Å². The van der Waals surface area contributed by atoms with Crippen LogP contribution in [0.2, 0.25) is 0 Å². The van der Waals surface area contributed by atoms with E-state index in [1.165, 1.54) is 23.1 Å². The van der Waals surface area contributed by atoms with E-state index in [1.54, 1.807) is 11.0 Å². The first-order valence-corrected chi connectivity index (χ1v) is 6.12. The number of thioether (sulfide) groups is 1. The number of hydrogen-bond donors (Lipinski definition) is 0. The standard InChI is InChI=1S/C9H9NO2S2/c11-7(8-2-1-4-13-8)6-10-3-5-14-9(10)12/h1-2,4H,3,5-6H2. The molecule has 0 aliphatic carbocycles. The lowest BCUT2D eigenvalue weighted by molar-refractivity contribution is 0.0960. The van der Waals surface area contributed by atoms with Gasteiger partial charge in [-0.2, -0.15) is 0 Å². The van der Waals surface area contributed by atoms with Gasteiger partial charge in [0, 0.05) is 12.3 Å². The monoisotopic (exact) mass is 227 g/mol. The molecule has 1 amide bonds. The number of rotatable bonds is 3. The molecule has 0 N–H and O–H groups in total. The van der Waals surface area contributed by atoms with Gasteiger partial charge in [0.1, 0.15) is 0 Å². The summed E-state index contributed by atoms with van der Waals surface area (Å²) in [5, 5.41) is 1.89. The highest BCUT2D eigenvalue weighted by atomic mass is 32.2. The predicted molar refractivity (Wildman–Crippen MR) is 58.1 cm³/mol. The van der Waals surface area contributed by atoms with Crippen LogP contribution in [0.1, 0.15) is 9.67 Å². The van der Waals surface area contributed by atoms with E-state index in [1.807, 2.05) is 11.4 Å². The van der Waals surface area contributed by atoms with Crippen LogP contribution in [0.15, 0.2) is 17.5 Å². The second-order valence-corrected chi connectivity index (χ2v) is 4.93. The number of ketones is 1. The molecule has 0 atom stereocenters. The Kier molecular flexibility index (Phi) is 2.88. The topological polar surface area (TPSA) is 37.4 Å². The summed E-state index contributed by atoms with van der Waals surface area (Å²) in [6, 6.07) is 3.64. The Hall–Kier alpha value is -0.810. The van der Waals surface area contributed by atoms with Crippen molar-refractivity contribution in [3.8, 4) is 0 Å². The van der Waals surface area contributed by atoms with Gasteiger partial charge in [-0.3, -0.25) is 9.59 Å². The molecule has 1 saturated heterocycles. The maximum Gasteiger partial charge on any atom is 0.282 e. The Bertz CT molecular complexity index is 348. The molecule has 2 rings (SSSR count). The number of Topliss-reactive ketones (excluding diaryl/α,β-unsaturated/α-hetero) is 1. The van der Waals surface area contributed by atoms with Crippen molar-refractivity contribution in [1.82, 2.24) is 4.90 Å². The number of carbonyl (C=O) groups is 2. The van der Waals surface area contributed by atoms with E-state index in [0.29, 0.717) is 6.54 Å². The molecule has 5 heteroatoms. The maximum absolute atomic E-state index is 11.6. The number of nitrogens with zero attached hydrogens (tertiary/aromatic N) is 1. The maximum atomic E-state index is 11.6. The first kappa shape index (κ1) is 9.73. The smallest absolute Gasteiger partial charge is 0.282 e. The van der Waals surface area contributed by atoms with Gasteiger partial charge in [-0.15, -0.1) is 11.3 Å². The molecule has 1 fully saturated rings. The van der Waals surface area contributed by atoms with Gasteiger partial charge in [0.15, 0.2) is 5.78 Å². The molecule has 0 unspecified atom stereocenters. The second kappa shape index (κ2) is 4.14. The Morgan fingerprint density at radius 3 is 3.00 bits per heavy atom. The van der Waals surface area contributed by atoms with Gasteiger partial charge in [0.2, 0.25) is 0 Å². The van der Waals surface area contributed by atoms with Crippen LogP contribution in [0.25, 0.3) is 0 Å². The normalized spacial score (nSPS) is 16.3. The Balaban J connectivity index is 1.98. The Morgan fingerprint density at radius 1 is 1.57 bits per heavy atom. The van der Waals surface area contributed by atoms with Crippen LogP contribution in [-0.4, -0.2) is 34.8 Å². The number of carbonyl (C=O) groups excluding carboxylic acids is 2. The highest BCUT2D eigenvalue weighted by Gasteiger charge is 2.23. The zero-order chi connectivity index (χ0) is 9.97. The summed E-state index contributed by atoms with van der Waals surface area (Å²) < 4.78 is 0. The minimum absolute atomic E-state index is 0.0231. The van der Waals surface area contributed by atoms with Crippen LogP contribution >= 0.6 is 23.1 Å². The summed E-state index contributed by atoms with van der Waals surface area (Å²) in [5.74, 6) is 0.840. The molecule has 1 aliphatic heterocycles. The van der Waals surface area contributed by atoms with E-state index in [9.17, 15) is 9.59 Å². The lowest BCUT2D eigenvalue weighted by Gasteiger charge is -2.11. The highest BCUT2D eigenvalue weighted by molar-refractivity contribution is 8.13. The molecular weight excluding hydrogens is 218 g/mol. The van der Waals surface area contributed by atoms with Gasteiger partial charge >= 0.3 is 0 Å². The van der Waals surface area contributed by atoms with Gasteiger partial charge in [-0.05, 0) is 11.4 Å². The first-order chi connectivity index (χ1) is 6.77. The van der Waals surface area contributed by atoms with E-state index in [0.717, 1.165) is 10.6 Å². The van der Waals surface area contributed by atoms with E-state index < -0.39 is 0 Å². The molecule has 2 heterocycles. The summed E-state index contributed by atoms with van der Waals surface area (Å²) in [7, 11) is 0. The van der Waals surface area contributed by atoms with Crippen molar-refractivity contribution in [2.45, 2.75) is 0 Å². The fourth-order valence-corrected chi connectivity index (χ4v) is 2.74. The number of hydrogen-bond acceptors (Lipinski definition) is 4. The molecule has 0 spiro atoms. The van der Waals surface area contributed by atoms with Crippen LogP contribution in [-0.2, 0) is 0 Å². The van der Waals surface area contributed by atoms with Crippen molar-refractivity contribution in [2.24, 2.45) is 0 Å². The zero-order valence-corrected chi connectivity index (χ0v) is 9.07. The van der Waals surface area contributed by atoms with Crippen molar-refractivity contribution in [2.75, 3.05) is 18.8 Å². The second-order valence-electron chi connectivity index (χ2n) is 2.94. The number of amides is 1. The third kappa shape index (κ3) is 1.99. The molecule has 1 aromatic heterocycles. The minimum atomic E-state index is 0.0231. The third-order valence-corrected chi connectivity index (χ3v) is 3.78. The molecule has 0 radical (unpaired) electrons. The van der Waals surface area contributed by atoms with Crippen LogP contribution in [0.5, 0.6) is 0 Å². The summed E-state index contributed by atoms with van der Waals surface area (Å²) >= 11 is 2.70. The fourth-order valence-electron chi connectivity index (χ4n) is 1.26. The average molecular weight is 227 g/mol. The zero-order valence-electron chi connectivity index (χ0n) is 7.43. The minimum Gasteiger partial charge on any atom is -0.325 e. The lowest BCUT2D eigenvalue weighted by atomic mass is 10.3. The molecule has 0 aromatic carbocycles. The molecular formula is C9H9NO2S2. The van der Waals surface area contributed by atoms with E-state index in [-0.39, 0.29) is 17.6 Å². The largest absolute Gasteiger partial charge is 0.325 e. The molecule has 14 heavy (non-hydrogen) atoms. The van der Waals surface area contributed by atoms with Crippen molar-refractivity contribution in [1.29, 1.82) is 0 Å². The molecule has 74 valence electrons. The van der Waals surface area contributed by atoms with Crippen molar-refractivity contribution in [3.05, 3.63) is 22.4 Å². The summed E-state index contributed by atoms with van der Waals surface area (Å²) in [4.78, 5) is 25.2. The fraction of sp³-hybridized carbons (Fsp3) is 0.333. The van der Waals surface area contributed by atoms with Crippen LogP contribution in [0, 0.1) is 0 Å². The van der Waals surface area contributed by atoms with E-state index >= 15 is 0 Å². The molecule has 1 aromatic rings. The van der Waals surface area contributed by atoms with Crippen LogP contribution in [0.4, 0.5) is 4.79 Å². The summed E-state index contributed by atoms with van der Waals surface area (Å²) in [5.41, 5.74) is 0. The van der Waals surface area contributed by atoms with E-state index in [4.69, 9.17) is 0 Å². The molecule has 0 saturated carbocycles. The molecule has 1 aliphatic rings. The first-order valence-electron chi connectivity index (χ1n) is 4.26. The lowest BCUT2D eigenvalue weighted by Crippen LogP contribution is -2.29. The van der Waals surface area contributed by atoms with Crippen molar-refractivity contribution >= 4 is 34.1 Å². The third-order valence-electron chi connectivity index (χ3n) is 1.98. The van der Waals surface area contributed by atoms with Crippen LogP contribution < -0.4 is 0 Å². The van der Waals surface area contributed by atoms with Gasteiger partial charge in [0.05, 0.1) is 11.4 Å². The van der Waals surface area contributed by atoms with Gasteiger partial charge in [-0.25, -0.2) is 0 Å². The average Bonchev–Trinajstić information content (AvgIpc) is 2.77. The van der Waals surface area contributed by atoms with Gasteiger partial charge < -0.3 is 4.90 Å². The predicted octanol–water partition coefficient (Wildman–Crippen LogP) is 2.10. The Labute approximate surface area is 90.1 Å². The highest BCUT2D eigenvalue weighted by Crippen LogP contribution is 2.18. The molecule has 0 bridgehead atoms. The SMILES string of the molecule is O=C(CN1CCSC1=O)c1cccs1. The van der Waals surface area contributed by atoms with Crippen LogP contribution in [0.3, 0.4) is 0 Å². The van der Waals surface area contributed by atoms with E-state index in [2.05, 4.69) is 0 Å². The summed E-state index contributed by atoms with van der Waals surface area (Å²) in [6.45, 7) is 0.924. The number of thiophene rings is 1.